The molecule has 0 saturated heterocycles. The molecule has 0 aromatic heterocycles. The highest BCUT2D eigenvalue weighted by Gasteiger charge is 2.31. The minimum atomic E-state index is -0.809. The molecule has 1 fully saturated rings. The molecule has 1 aliphatic rings. The topological polar surface area (TPSA) is 58.3 Å². The highest BCUT2D eigenvalue weighted by molar-refractivity contribution is 5.47. The van der Waals surface area contributed by atoms with Gasteiger partial charge in [-0.2, -0.15) is 0 Å². The standard InChI is InChI=1S/C19H24N2O/c20-17-10-12-19(22,13-11-17)21-18-8-6-16(7-9-18)14-15-4-2-1-3-5-15/h1-9,17,21-22H,10-14,20H2. The maximum atomic E-state index is 10.6. The monoisotopic (exact) mass is 296 g/mol. The molecule has 0 unspecified atom stereocenters. The van der Waals surface area contributed by atoms with Gasteiger partial charge in [0.05, 0.1) is 0 Å². The number of anilines is 1. The lowest BCUT2D eigenvalue weighted by atomic mass is 9.88. The van der Waals surface area contributed by atoms with Crippen molar-refractivity contribution in [3.05, 3.63) is 65.7 Å². The number of benzene rings is 2. The first-order chi connectivity index (χ1) is 10.6. The minimum absolute atomic E-state index is 0.232. The van der Waals surface area contributed by atoms with Crippen LogP contribution in [-0.2, 0) is 6.42 Å². The molecular weight excluding hydrogens is 272 g/mol. The molecule has 0 radical (unpaired) electrons. The lowest BCUT2D eigenvalue weighted by molar-refractivity contribution is 0.0269. The SMILES string of the molecule is NC1CCC(O)(Nc2ccc(Cc3ccccc3)cc2)CC1. The van der Waals surface area contributed by atoms with Gasteiger partial charge >= 0.3 is 0 Å². The Labute approximate surface area is 132 Å². The number of rotatable bonds is 4. The van der Waals surface area contributed by atoms with E-state index >= 15 is 0 Å². The van der Waals surface area contributed by atoms with Crippen LogP contribution in [0.3, 0.4) is 0 Å². The summed E-state index contributed by atoms with van der Waals surface area (Å²) in [5.74, 6) is 0. The first-order valence-electron chi connectivity index (χ1n) is 8.02. The van der Waals surface area contributed by atoms with Crippen LogP contribution in [0.1, 0.15) is 36.8 Å². The highest BCUT2D eigenvalue weighted by Crippen LogP contribution is 2.29. The lowest BCUT2D eigenvalue weighted by Gasteiger charge is -2.36. The zero-order valence-corrected chi connectivity index (χ0v) is 12.8. The van der Waals surface area contributed by atoms with Crippen LogP contribution in [0.4, 0.5) is 5.69 Å². The molecule has 3 nitrogen and oxygen atoms in total. The molecule has 4 N–H and O–H groups in total. The molecule has 3 rings (SSSR count). The summed E-state index contributed by atoms with van der Waals surface area (Å²) in [5.41, 5.74) is 8.64. The van der Waals surface area contributed by atoms with Crippen molar-refractivity contribution in [2.45, 2.75) is 43.9 Å². The highest BCUT2D eigenvalue weighted by atomic mass is 16.3. The Morgan fingerprint density at radius 2 is 1.55 bits per heavy atom. The Kier molecular flexibility index (Phi) is 4.46. The van der Waals surface area contributed by atoms with E-state index in [1.165, 1.54) is 11.1 Å². The van der Waals surface area contributed by atoms with Crippen LogP contribution in [0.15, 0.2) is 54.6 Å². The van der Waals surface area contributed by atoms with Gasteiger partial charge < -0.3 is 16.2 Å². The van der Waals surface area contributed by atoms with Gasteiger partial charge in [0.1, 0.15) is 5.72 Å². The van der Waals surface area contributed by atoms with Crippen molar-refractivity contribution in [1.29, 1.82) is 0 Å². The molecule has 0 bridgehead atoms. The van der Waals surface area contributed by atoms with Crippen molar-refractivity contribution in [1.82, 2.24) is 0 Å². The average Bonchev–Trinajstić information content (AvgIpc) is 2.54. The quantitative estimate of drug-likeness (QED) is 0.759. The summed E-state index contributed by atoms with van der Waals surface area (Å²) < 4.78 is 0. The number of hydrogen-bond donors (Lipinski definition) is 3. The fraction of sp³-hybridized carbons (Fsp3) is 0.368. The first kappa shape index (κ1) is 15.1. The third-order valence-corrected chi connectivity index (χ3v) is 4.44. The van der Waals surface area contributed by atoms with Gasteiger partial charge in [0.2, 0.25) is 0 Å². The number of aliphatic hydroxyl groups is 1. The predicted molar refractivity (Wildman–Crippen MR) is 90.7 cm³/mol. The maximum absolute atomic E-state index is 10.6. The van der Waals surface area contributed by atoms with Crippen molar-refractivity contribution >= 4 is 5.69 Å². The molecule has 2 aromatic carbocycles. The Morgan fingerprint density at radius 1 is 0.955 bits per heavy atom. The van der Waals surface area contributed by atoms with Gasteiger partial charge in [-0.25, -0.2) is 0 Å². The van der Waals surface area contributed by atoms with E-state index in [0.717, 1.165) is 24.9 Å². The third-order valence-electron chi connectivity index (χ3n) is 4.44. The Morgan fingerprint density at radius 3 is 2.18 bits per heavy atom. The van der Waals surface area contributed by atoms with Crippen LogP contribution < -0.4 is 11.1 Å². The van der Waals surface area contributed by atoms with Crippen molar-refractivity contribution in [3.8, 4) is 0 Å². The van der Waals surface area contributed by atoms with E-state index < -0.39 is 5.72 Å². The van der Waals surface area contributed by atoms with Gasteiger partial charge in [-0.3, -0.25) is 0 Å². The molecule has 1 aliphatic carbocycles. The van der Waals surface area contributed by atoms with Gasteiger partial charge in [0.15, 0.2) is 0 Å². The van der Waals surface area contributed by atoms with Crippen molar-refractivity contribution in [3.63, 3.8) is 0 Å². The molecule has 0 atom stereocenters. The summed E-state index contributed by atoms with van der Waals surface area (Å²) in [7, 11) is 0. The Hall–Kier alpha value is -1.84. The molecule has 0 spiro atoms. The predicted octanol–water partition coefficient (Wildman–Crippen LogP) is 3.28. The molecule has 22 heavy (non-hydrogen) atoms. The van der Waals surface area contributed by atoms with Crippen molar-refractivity contribution < 1.29 is 5.11 Å². The smallest absolute Gasteiger partial charge is 0.135 e. The molecule has 0 aliphatic heterocycles. The van der Waals surface area contributed by atoms with E-state index in [1.807, 2.05) is 18.2 Å². The van der Waals surface area contributed by atoms with Gasteiger partial charge in [-0.1, -0.05) is 42.5 Å². The van der Waals surface area contributed by atoms with E-state index in [1.54, 1.807) is 0 Å². The zero-order valence-electron chi connectivity index (χ0n) is 12.8. The zero-order chi connectivity index (χ0) is 15.4. The van der Waals surface area contributed by atoms with E-state index in [4.69, 9.17) is 5.73 Å². The van der Waals surface area contributed by atoms with Crippen LogP contribution in [0, 0.1) is 0 Å². The van der Waals surface area contributed by atoms with Gasteiger partial charge in [0.25, 0.3) is 0 Å². The molecule has 2 aromatic rings. The summed E-state index contributed by atoms with van der Waals surface area (Å²) in [5, 5.41) is 13.8. The van der Waals surface area contributed by atoms with E-state index in [2.05, 4.69) is 41.7 Å². The second-order valence-electron chi connectivity index (χ2n) is 6.35. The second kappa shape index (κ2) is 6.51. The summed E-state index contributed by atoms with van der Waals surface area (Å²) in [6, 6.07) is 19.0. The van der Waals surface area contributed by atoms with Crippen LogP contribution in [-0.4, -0.2) is 16.9 Å². The largest absolute Gasteiger partial charge is 0.371 e. The molecular formula is C19H24N2O. The molecule has 116 valence electrons. The van der Waals surface area contributed by atoms with Crippen molar-refractivity contribution in [2.75, 3.05) is 5.32 Å². The first-order valence-corrected chi connectivity index (χ1v) is 8.02. The average molecular weight is 296 g/mol. The van der Waals surface area contributed by atoms with Crippen LogP contribution in [0.25, 0.3) is 0 Å². The molecule has 3 heteroatoms. The molecule has 0 heterocycles. The molecule has 1 saturated carbocycles. The van der Waals surface area contributed by atoms with Gasteiger partial charge in [-0.05, 0) is 55.4 Å². The van der Waals surface area contributed by atoms with Gasteiger partial charge in [0, 0.05) is 11.7 Å². The Balaban J connectivity index is 1.62. The maximum Gasteiger partial charge on any atom is 0.135 e. The van der Waals surface area contributed by atoms with E-state index in [-0.39, 0.29) is 6.04 Å². The third kappa shape index (κ3) is 3.87. The van der Waals surface area contributed by atoms with Gasteiger partial charge in [-0.15, -0.1) is 0 Å². The minimum Gasteiger partial charge on any atom is -0.371 e. The normalized spacial score (nSPS) is 24.9. The summed E-state index contributed by atoms with van der Waals surface area (Å²) in [6.07, 6.45) is 4.09. The fourth-order valence-corrected chi connectivity index (χ4v) is 3.05. The summed E-state index contributed by atoms with van der Waals surface area (Å²) >= 11 is 0. The Bertz CT molecular complexity index is 587. The van der Waals surface area contributed by atoms with Crippen LogP contribution in [0.2, 0.25) is 0 Å². The van der Waals surface area contributed by atoms with E-state index in [9.17, 15) is 5.11 Å². The number of nitrogens with one attached hydrogen (secondary N) is 1. The molecule has 0 amide bonds. The summed E-state index contributed by atoms with van der Waals surface area (Å²) in [4.78, 5) is 0. The number of nitrogens with two attached hydrogens (primary N) is 1. The van der Waals surface area contributed by atoms with Crippen LogP contribution in [0.5, 0.6) is 0 Å². The number of hydrogen-bond acceptors (Lipinski definition) is 3. The van der Waals surface area contributed by atoms with Crippen molar-refractivity contribution in [2.24, 2.45) is 5.73 Å². The lowest BCUT2D eigenvalue weighted by Crippen LogP contribution is -2.44. The van der Waals surface area contributed by atoms with Crippen LogP contribution >= 0.6 is 0 Å². The van der Waals surface area contributed by atoms with E-state index in [0.29, 0.717) is 12.8 Å². The fourth-order valence-electron chi connectivity index (χ4n) is 3.05. The summed E-state index contributed by atoms with van der Waals surface area (Å²) in [6.45, 7) is 0. The second-order valence-corrected chi connectivity index (χ2v) is 6.35.